The van der Waals surface area contributed by atoms with Gasteiger partial charge in [0.2, 0.25) is 0 Å². The zero-order chi connectivity index (χ0) is 15.4. The van der Waals surface area contributed by atoms with E-state index in [1.807, 2.05) is 20.0 Å². The molecule has 0 saturated carbocycles. The summed E-state index contributed by atoms with van der Waals surface area (Å²) < 4.78 is 2.86. The number of hydrogen-bond acceptors (Lipinski definition) is 2. The SMILES string of the molecule is CCCNC(Cc1c(C)nn(C)c1Cl)c1ccccc1Br. The number of nitrogens with one attached hydrogen (secondary N) is 1. The van der Waals surface area contributed by atoms with Crippen LogP contribution in [0.2, 0.25) is 5.15 Å². The van der Waals surface area contributed by atoms with E-state index in [4.69, 9.17) is 11.6 Å². The van der Waals surface area contributed by atoms with Crippen molar-refractivity contribution in [2.24, 2.45) is 7.05 Å². The first-order valence-corrected chi connectivity index (χ1v) is 8.37. The molecule has 3 nitrogen and oxygen atoms in total. The van der Waals surface area contributed by atoms with E-state index in [1.165, 1.54) is 5.56 Å². The van der Waals surface area contributed by atoms with Gasteiger partial charge in [-0.1, -0.05) is 52.7 Å². The fourth-order valence-electron chi connectivity index (χ4n) is 2.48. The normalized spacial score (nSPS) is 12.6. The van der Waals surface area contributed by atoms with Crippen LogP contribution in [-0.2, 0) is 13.5 Å². The second-order valence-corrected chi connectivity index (χ2v) is 6.42. The second-order valence-electron chi connectivity index (χ2n) is 5.21. The van der Waals surface area contributed by atoms with Gasteiger partial charge < -0.3 is 5.32 Å². The van der Waals surface area contributed by atoms with Crippen molar-refractivity contribution in [2.75, 3.05) is 6.54 Å². The summed E-state index contributed by atoms with van der Waals surface area (Å²) in [6, 6.07) is 8.55. The molecule has 2 rings (SSSR count). The summed E-state index contributed by atoms with van der Waals surface area (Å²) in [5, 5.41) is 8.74. The zero-order valence-corrected chi connectivity index (χ0v) is 15.0. The van der Waals surface area contributed by atoms with Gasteiger partial charge in [-0.05, 0) is 37.9 Å². The molecule has 0 fully saturated rings. The molecule has 0 radical (unpaired) electrons. The topological polar surface area (TPSA) is 29.9 Å². The molecule has 0 saturated heterocycles. The Kier molecular flexibility index (Phi) is 5.85. The number of aryl methyl sites for hydroxylation is 2. The fourth-order valence-corrected chi connectivity index (χ4v) is 3.29. The van der Waals surface area contributed by atoms with Gasteiger partial charge in [0, 0.05) is 23.1 Å². The quantitative estimate of drug-likeness (QED) is 0.815. The van der Waals surface area contributed by atoms with E-state index in [1.54, 1.807) is 4.68 Å². The molecule has 2 aromatic rings. The fraction of sp³-hybridized carbons (Fsp3) is 0.438. The van der Waals surface area contributed by atoms with Crippen molar-refractivity contribution in [1.29, 1.82) is 0 Å². The van der Waals surface area contributed by atoms with Gasteiger partial charge >= 0.3 is 0 Å². The van der Waals surface area contributed by atoms with Crippen molar-refractivity contribution >= 4 is 27.5 Å². The molecular formula is C16H21BrClN3. The lowest BCUT2D eigenvalue weighted by atomic mass is 9.99. The van der Waals surface area contributed by atoms with Crippen LogP contribution in [0.25, 0.3) is 0 Å². The monoisotopic (exact) mass is 369 g/mol. The van der Waals surface area contributed by atoms with Gasteiger partial charge in [-0.15, -0.1) is 0 Å². The number of nitrogens with zero attached hydrogens (tertiary/aromatic N) is 2. The van der Waals surface area contributed by atoms with Crippen molar-refractivity contribution in [3.63, 3.8) is 0 Å². The summed E-state index contributed by atoms with van der Waals surface area (Å²) in [6.07, 6.45) is 1.93. The smallest absolute Gasteiger partial charge is 0.130 e. The van der Waals surface area contributed by atoms with Crippen LogP contribution in [0.15, 0.2) is 28.7 Å². The van der Waals surface area contributed by atoms with Crippen molar-refractivity contribution in [3.05, 3.63) is 50.7 Å². The molecule has 5 heteroatoms. The Morgan fingerprint density at radius 1 is 1.38 bits per heavy atom. The molecule has 1 aromatic heterocycles. The summed E-state index contributed by atoms with van der Waals surface area (Å²) >= 11 is 10.0. The van der Waals surface area contributed by atoms with E-state index in [0.717, 1.165) is 40.3 Å². The third-order valence-corrected chi connectivity index (χ3v) is 4.79. The Morgan fingerprint density at radius 2 is 2.10 bits per heavy atom. The standard InChI is InChI=1S/C16H21BrClN3/c1-4-9-19-15(12-7-5-6-8-14(12)17)10-13-11(2)20-21(3)16(13)18/h5-8,15,19H,4,9-10H2,1-3H3. The van der Waals surface area contributed by atoms with Crippen LogP contribution >= 0.6 is 27.5 Å². The van der Waals surface area contributed by atoms with Gasteiger partial charge in [-0.25, -0.2) is 0 Å². The van der Waals surface area contributed by atoms with Gasteiger partial charge in [0.1, 0.15) is 5.15 Å². The molecule has 0 aliphatic rings. The first kappa shape index (κ1) is 16.5. The van der Waals surface area contributed by atoms with Crippen LogP contribution in [0.4, 0.5) is 0 Å². The van der Waals surface area contributed by atoms with Crippen molar-refractivity contribution in [3.8, 4) is 0 Å². The number of hydrogen-bond donors (Lipinski definition) is 1. The minimum Gasteiger partial charge on any atom is -0.310 e. The van der Waals surface area contributed by atoms with E-state index in [-0.39, 0.29) is 6.04 Å². The Hall–Kier alpha value is -0.840. The van der Waals surface area contributed by atoms with Gasteiger partial charge in [-0.2, -0.15) is 5.10 Å². The summed E-state index contributed by atoms with van der Waals surface area (Å²) in [5.74, 6) is 0. The summed E-state index contributed by atoms with van der Waals surface area (Å²) in [4.78, 5) is 0. The zero-order valence-electron chi connectivity index (χ0n) is 12.7. The van der Waals surface area contributed by atoms with E-state index in [9.17, 15) is 0 Å². The van der Waals surface area contributed by atoms with Crippen LogP contribution in [0.1, 0.15) is 36.2 Å². The Bertz CT molecular complexity index is 610. The highest BCUT2D eigenvalue weighted by molar-refractivity contribution is 9.10. The lowest BCUT2D eigenvalue weighted by Crippen LogP contribution is -2.24. The molecule has 1 N–H and O–H groups in total. The van der Waals surface area contributed by atoms with Crippen LogP contribution in [0.5, 0.6) is 0 Å². The summed E-state index contributed by atoms with van der Waals surface area (Å²) in [6.45, 7) is 5.16. The maximum Gasteiger partial charge on any atom is 0.130 e. The summed E-state index contributed by atoms with van der Waals surface area (Å²) in [7, 11) is 1.88. The highest BCUT2D eigenvalue weighted by Crippen LogP contribution is 2.29. The molecule has 1 heterocycles. The lowest BCUT2D eigenvalue weighted by molar-refractivity contribution is 0.526. The number of rotatable bonds is 6. The molecule has 0 aliphatic heterocycles. The average molecular weight is 371 g/mol. The molecule has 1 aromatic carbocycles. The van der Waals surface area contributed by atoms with Gasteiger partial charge in [0.15, 0.2) is 0 Å². The lowest BCUT2D eigenvalue weighted by Gasteiger charge is -2.20. The molecule has 0 spiro atoms. The Balaban J connectivity index is 2.31. The molecule has 114 valence electrons. The molecule has 1 unspecified atom stereocenters. The largest absolute Gasteiger partial charge is 0.310 e. The minimum atomic E-state index is 0.223. The third kappa shape index (κ3) is 3.87. The molecule has 0 aliphatic carbocycles. The predicted octanol–water partition coefficient (Wildman–Crippen LogP) is 4.43. The van der Waals surface area contributed by atoms with E-state index < -0.39 is 0 Å². The Morgan fingerprint density at radius 3 is 2.67 bits per heavy atom. The molecular weight excluding hydrogens is 350 g/mol. The highest BCUT2D eigenvalue weighted by Gasteiger charge is 2.19. The second kappa shape index (κ2) is 7.43. The average Bonchev–Trinajstić information content (AvgIpc) is 2.70. The molecule has 0 bridgehead atoms. The third-order valence-electron chi connectivity index (χ3n) is 3.60. The van der Waals surface area contributed by atoms with Gasteiger partial charge in [-0.3, -0.25) is 4.68 Å². The predicted molar refractivity (Wildman–Crippen MR) is 91.8 cm³/mol. The van der Waals surface area contributed by atoms with Crippen molar-refractivity contribution < 1.29 is 0 Å². The molecule has 21 heavy (non-hydrogen) atoms. The number of halogens is 2. The maximum absolute atomic E-state index is 6.38. The molecule has 0 amide bonds. The summed E-state index contributed by atoms with van der Waals surface area (Å²) in [5.41, 5.74) is 3.37. The van der Waals surface area contributed by atoms with Crippen molar-refractivity contribution in [1.82, 2.24) is 15.1 Å². The maximum atomic E-state index is 6.38. The van der Waals surface area contributed by atoms with Gasteiger partial charge in [0.05, 0.1) is 5.69 Å². The van der Waals surface area contributed by atoms with E-state index in [2.05, 4.69) is 51.5 Å². The number of aromatic nitrogens is 2. The Labute approximate surface area is 139 Å². The van der Waals surface area contributed by atoms with Crippen LogP contribution in [0.3, 0.4) is 0 Å². The van der Waals surface area contributed by atoms with Crippen LogP contribution in [0, 0.1) is 6.92 Å². The van der Waals surface area contributed by atoms with E-state index in [0.29, 0.717) is 0 Å². The molecule has 1 atom stereocenters. The van der Waals surface area contributed by atoms with E-state index >= 15 is 0 Å². The minimum absolute atomic E-state index is 0.223. The first-order valence-electron chi connectivity index (χ1n) is 7.20. The van der Waals surface area contributed by atoms with Crippen molar-refractivity contribution in [2.45, 2.75) is 32.7 Å². The first-order chi connectivity index (χ1) is 10.0. The van der Waals surface area contributed by atoms with Gasteiger partial charge in [0.25, 0.3) is 0 Å². The highest BCUT2D eigenvalue weighted by atomic mass is 79.9. The number of benzene rings is 1. The van der Waals surface area contributed by atoms with Crippen LogP contribution < -0.4 is 5.32 Å². The van der Waals surface area contributed by atoms with Crippen LogP contribution in [-0.4, -0.2) is 16.3 Å².